The summed E-state index contributed by atoms with van der Waals surface area (Å²) in [6.07, 6.45) is 0.492. The highest BCUT2D eigenvalue weighted by molar-refractivity contribution is 6.31. The molecule has 0 aliphatic rings. The molecule has 2 amide bonds. The lowest BCUT2D eigenvalue weighted by Gasteiger charge is -2.30. The Labute approximate surface area is 171 Å². The van der Waals surface area contributed by atoms with Crippen molar-refractivity contribution in [3.05, 3.63) is 64.7 Å². The van der Waals surface area contributed by atoms with Crippen LogP contribution in [0, 0.1) is 6.92 Å². The van der Waals surface area contributed by atoms with Crippen molar-refractivity contribution in [1.82, 2.24) is 10.2 Å². The number of amides is 2. The Kier molecular flexibility index (Phi) is 8.33. The van der Waals surface area contributed by atoms with E-state index in [-0.39, 0.29) is 25.0 Å². The zero-order valence-corrected chi connectivity index (χ0v) is 17.3. The third-order valence-corrected chi connectivity index (χ3v) is 4.85. The van der Waals surface area contributed by atoms with Gasteiger partial charge >= 0.3 is 0 Å². The monoisotopic (exact) mass is 402 g/mol. The number of ether oxygens (including phenoxy) is 1. The highest BCUT2D eigenvalue weighted by atomic mass is 35.5. The molecule has 0 saturated heterocycles. The van der Waals surface area contributed by atoms with Crippen LogP contribution in [-0.4, -0.2) is 35.9 Å². The average Bonchev–Trinajstić information content (AvgIpc) is 2.68. The quantitative estimate of drug-likeness (QED) is 0.690. The number of nitrogens with one attached hydrogen (secondary N) is 1. The molecule has 0 saturated carbocycles. The molecule has 150 valence electrons. The normalized spacial score (nSPS) is 11.6. The Hall–Kier alpha value is -2.53. The first kappa shape index (κ1) is 21.8. The molecule has 6 heteroatoms. The summed E-state index contributed by atoms with van der Waals surface area (Å²) >= 11 is 6.29. The van der Waals surface area contributed by atoms with E-state index in [0.29, 0.717) is 23.7 Å². The molecule has 2 aromatic carbocycles. The van der Waals surface area contributed by atoms with Crippen molar-refractivity contribution in [2.45, 2.75) is 39.8 Å². The van der Waals surface area contributed by atoms with Crippen LogP contribution in [0.1, 0.15) is 31.4 Å². The molecule has 2 aromatic rings. The van der Waals surface area contributed by atoms with E-state index in [0.717, 1.165) is 11.1 Å². The van der Waals surface area contributed by atoms with Gasteiger partial charge in [-0.2, -0.15) is 0 Å². The predicted octanol–water partition coefficient (Wildman–Crippen LogP) is 3.97. The van der Waals surface area contributed by atoms with Crippen molar-refractivity contribution in [1.29, 1.82) is 0 Å². The maximum absolute atomic E-state index is 13.0. The van der Waals surface area contributed by atoms with Crippen molar-refractivity contribution in [3.63, 3.8) is 0 Å². The lowest BCUT2D eigenvalue weighted by atomic mass is 10.1. The van der Waals surface area contributed by atoms with Gasteiger partial charge in [0.05, 0.1) is 0 Å². The van der Waals surface area contributed by atoms with Crippen LogP contribution >= 0.6 is 11.6 Å². The molecule has 0 aromatic heterocycles. The first-order chi connectivity index (χ1) is 13.5. The molecular formula is C22H27ClN2O3. The van der Waals surface area contributed by atoms with Crippen molar-refractivity contribution < 1.29 is 14.3 Å². The van der Waals surface area contributed by atoms with E-state index < -0.39 is 6.04 Å². The van der Waals surface area contributed by atoms with Crippen molar-refractivity contribution in [2.24, 2.45) is 0 Å². The number of likely N-dealkylation sites (N-methyl/N-ethyl adjacent to an activating group) is 1. The highest BCUT2D eigenvalue weighted by Gasteiger charge is 2.29. The molecule has 0 heterocycles. The summed E-state index contributed by atoms with van der Waals surface area (Å²) in [5.41, 5.74) is 1.74. The number of aryl methyl sites for hydroxylation is 1. The maximum Gasteiger partial charge on any atom is 0.261 e. The van der Waals surface area contributed by atoms with Crippen LogP contribution in [0.2, 0.25) is 5.02 Å². The van der Waals surface area contributed by atoms with Crippen LogP contribution in [0.4, 0.5) is 0 Å². The molecule has 1 atom stereocenters. The van der Waals surface area contributed by atoms with Crippen LogP contribution in [0.5, 0.6) is 5.75 Å². The summed E-state index contributed by atoms with van der Waals surface area (Å²) in [6, 6.07) is 14.2. The molecule has 0 aliphatic heterocycles. The second kappa shape index (κ2) is 10.7. The van der Waals surface area contributed by atoms with E-state index in [1.54, 1.807) is 11.0 Å². The molecule has 0 spiro atoms. The van der Waals surface area contributed by atoms with Crippen LogP contribution in [0.3, 0.4) is 0 Å². The highest BCUT2D eigenvalue weighted by Crippen LogP contribution is 2.21. The van der Waals surface area contributed by atoms with E-state index in [4.69, 9.17) is 16.3 Å². The predicted molar refractivity (Wildman–Crippen MR) is 111 cm³/mol. The Bertz CT molecular complexity index is 810. The van der Waals surface area contributed by atoms with E-state index in [1.165, 1.54) is 0 Å². The van der Waals surface area contributed by atoms with Gasteiger partial charge in [-0.15, -0.1) is 0 Å². The first-order valence-corrected chi connectivity index (χ1v) is 9.84. The number of nitrogens with zero attached hydrogens (tertiary/aromatic N) is 1. The molecule has 28 heavy (non-hydrogen) atoms. The van der Waals surface area contributed by atoms with Gasteiger partial charge in [-0.1, -0.05) is 54.9 Å². The number of para-hydroxylation sites is 1. The third kappa shape index (κ3) is 5.73. The minimum atomic E-state index is -0.593. The number of hydrogen-bond donors (Lipinski definition) is 1. The van der Waals surface area contributed by atoms with Gasteiger partial charge in [-0.25, -0.2) is 0 Å². The molecule has 0 radical (unpaired) electrons. The third-order valence-electron chi connectivity index (χ3n) is 4.48. The summed E-state index contributed by atoms with van der Waals surface area (Å²) in [7, 11) is 0. The second-order valence-corrected chi connectivity index (χ2v) is 6.89. The fourth-order valence-electron chi connectivity index (χ4n) is 2.96. The number of carbonyl (C=O) groups is 2. The Morgan fingerprint density at radius 3 is 2.43 bits per heavy atom. The van der Waals surface area contributed by atoms with Gasteiger partial charge in [-0.05, 0) is 43.5 Å². The topological polar surface area (TPSA) is 58.6 Å². The zero-order chi connectivity index (χ0) is 20.5. The number of benzene rings is 2. The van der Waals surface area contributed by atoms with Crippen molar-refractivity contribution in [2.75, 3.05) is 13.2 Å². The molecule has 5 nitrogen and oxygen atoms in total. The molecule has 0 unspecified atom stereocenters. The SMILES string of the molecule is CCNC(=O)[C@H](CC)N(Cc1ccccc1Cl)C(=O)COc1ccccc1C. The van der Waals surface area contributed by atoms with Gasteiger partial charge < -0.3 is 15.0 Å². The Morgan fingerprint density at radius 1 is 1.11 bits per heavy atom. The van der Waals surface area contributed by atoms with Crippen LogP contribution in [0.25, 0.3) is 0 Å². The lowest BCUT2D eigenvalue weighted by molar-refractivity contribution is -0.142. The fourth-order valence-corrected chi connectivity index (χ4v) is 3.16. The lowest BCUT2D eigenvalue weighted by Crippen LogP contribution is -2.50. The fraction of sp³-hybridized carbons (Fsp3) is 0.364. The van der Waals surface area contributed by atoms with E-state index in [9.17, 15) is 9.59 Å². The van der Waals surface area contributed by atoms with Crippen LogP contribution in [0.15, 0.2) is 48.5 Å². The van der Waals surface area contributed by atoms with Gasteiger partial charge in [0.15, 0.2) is 6.61 Å². The largest absolute Gasteiger partial charge is 0.484 e. The zero-order valence-electron chi connectivity index (χ0n) is 16.6. The molecular weight excluding hydrogens is 376 g/mol. The van der Waals surface area contributed by atoms with Crippen LogP contribution < -0.4 is 10.1 Å². The minimum absolute atomic E-state index is 0.148. The summed E-state index contributed by atoms with van der Waals surface area (Å²) in [5, 5.41) is 3.37. The Morgan fingerprint density at radius 2 is 1.79 bits per heavy atom. The number of halogens is 1. The average molecular weight is 403 g/mol. The second-order valence-electron chi connectivity index (χ2n) is 6.49. The van der Waals surface area contributed by atoms with Crippen LogP contribution in [-0.2, 0) is 16.1 Å². The number of carbonyl (C=O) groups excluding carboxylic acids is 2. The van der Waals surface area contributed by atoms with E-state index in [1.807, 2.05) is 63.2 Å². The minimum Gasteiger partial charge on any atom is -0.484 e. The molecule has 0 fully saturated rings. The summed E-state index contributed by atoms with van der Waals surface area (Å²) < 4.78 is 5.73. The maximum atomic E-state index is 13.0. The smallest absolute Gasteiger partial charge is 0.261 e. The van der Waals surface area contributed by atoms with E-state index in [2.05, 4.69) is 5.32 Å². The summed E-state index contributed by atoms with van der Waals surface area (Å²) in [5.74, 6) is 0.210. The summed E-state index contributed by atoms with van der Waals surface area (Å²) in [4.78, 5) is 27.1. The van der Waals surface area contributed by atoms with Crippen molar-refractivity contribution in [3.8, 4) is 5.75 Å². The van der Waals surface area contributed by atoms with Gasteiger partial charge in [-0.3, -0.25) is 9.59 Å². The number of rotatable bonds is 9. The molecule has 0 bridgehead atoms. The van der Waals surface area contributed by atoms with Gasteiger partial charge in [0.2, 0.25) is 5.91 Å². The van der Waals surface area contributed by atoms with Gasteiger partial charge in [0, 0.05) is 18.1 Å². The summed E-state index contributed by atoms with van der Waals surface area (Å²) in [6.45, 7) is 6.26. The first-order valence-electron chi connectivity index (χ1n) is 9.46. The molecule has 1 N–H and O–H groups in total. The Balaban J connectivity index is 2.23. The van der Waals surface area contributed by atoms with Crippen molar-refractivity contribution >= 4 is 23.4 Å². The van der Waals surface area contributed by atoms with Gasteiger partial charge in [0.25, 0.3) is 5.91 Å². The van der Waals surface area contributed by atoms with E-state index >= 15 is 0 Å². The molecule has 0 aliphatic carbocycles. The standard InChI is InChI=1S/C22H27ClN2O3/c1-4-19(22(27)24-5-2)25(14-17-11-7-8-12-18(17)23)21(26)15-28-20-13-9-6-10-16(20)3/h6-13,19H,4-5,14-15H2,1-3H3,(H,24,27)/t19-/m0/s1. The number of hydrogen-bond acceptors (Lipinski definition) is 3. The van der Waals surface area contributed by atoms with Gasteiger partial charge in [0.1, 0.15) is 11.8 Å². The molecule has 2 rings (SSSR count).